The summed E-state index contributed by atoms with van der Waals surface area (Å²) in [6.45, 7) is 3.86. The molecule has 0 aliphatic rings. The molecule has 0 bridgehead atoms. The third-order valence-corrected chi connectivity index (χ3v) is 3.29. The standard InChI is InChI=1S/C18H18N4O3.ClH/c1-14-5-4-10-21(12-14)13-18(23)20-19-15(2)8-9-16-6-3-7-17(11-16)22(24)25;/h3-12H,13H2,1-2H3;1H/b9-8+,19-15+;. The quantitative estimate of drug-likeness (QED) is 0.317. The summed E-state index contributed by atoms with van der Waals surface area (Å²) < 4.78 is 1.77. The van der Waals surface area contributed by atoms with Gasteiger partial charge in [0.15, 0.2) is 12.4 Å². The lowest BCUT2D eigenvalue weighted by molar-refractivity contribution is -0.684. The van der Waals surface area contributed by atoms with Crippen molar-refractivity contribution in [3.8, 4) is 0 Å². The lowest BCUT2D eigenvalue weighted by Gasteiger charge is -1.99. The van der Waals surface area contributed by atoms with Gasteiger partial charge in [0.25, 0.3) is 5.69 Å². The second kappa shape index (κ2) is 10.0. The normalized spacial score (nSPS) is 11.1. The van der Waals surface area contributed by atoms with Crippen LogP contribution in [0, 0.1) is 17.0 Å². The number of nitro groups is 1. The highest BCUT2D eigenvalue weighted by Crippen LogP contribution is 2.14. The number of hydrogen-bond acceptors (Lipinski definition) is 4. The summed E-state index contributed by atoms with van der Waals surface area (Å²) in [4.78, 5) is 22.2. The number of carbonyl (C=O) groups excluding carboxylic acids is 1. The monoisotopic (exact) mass is 374 g/mol. The number of aromatic nitrogens is 1. The van der Waals surface area contributed by atoms with Crippen LogP contribution in [0.2, 0.25) is 0 Å². The average molecular weight is 375 g/mol. The van der Waals surface area contributed by atoms with E-state index < -0.39 is 4.92 Å². The molecule has 1 heterocycles. The number of amides is 1. The first-order chi connectivity index (χ1) is 11.9. The van der Waals surface area contributed by atoms with Crippen LogP contribution >= 0.6 is 0 Å². The highest BCUT2D eigenvalue weighted by atomic mass is 35.5. The van der Waals surface area contributed by atoms with Crippen molar-refractivity contribution < 1.29 is 26.7 Å². The lowest BCUT2D eigenvalue weighted by Crippen LogP contribution is -3.00. The van der Waals surface area contributed by atoms with Crippen molar-refractivity contribution >= 4 is 23.4 Å². The molecule has 0 aliphatic heterocycles. The van der Waals surface area contributed by atoms with Gasteiger partial charge in [-0.2, -0.15) is 9.67 Å². The zero-order valence-corrected chi connectivity index (χ0v) is 15.2. The lowest BCUT2D eigenvalue weighted by atomic mass is 10.2. The van der Waals surface area contributed by atoms with Gasteiger partial charge in [0.2, 0.25) is 6.54 Å². The molecule has 0 fully saturated rings. The highest BCUT2D eigenvalue weighted by Gasteiger charge is 2.08. The summed E-state index contributed by atoms with van der Waals surface area (Å²) in [6, 6.07) is 10.1. The van der Waals surface area contributed by atoms with Crippen LogP contribution in [0.4, 0.5) is 5.69 Å². The maximum absolute atomic E-state index is 11.9. The van der Waals surface area contributed by atoms with Crippen LogP contribution in [-0.2, 0) is 11.3 Å². The van der Waals surface area contributed by atoms with Gasteiger partial charge in [-0.3, -0.25) is 14.9 Å². The Morgan fingerprint density at radius 3 is 2.81 bits per heavy atom. The first-order valence-corrected chi connectivity index (χ1v) is 7.65. The molecule has 0 saturated heterocycles. The fourth-order valence-electron chi connectivity index (χ4n) is 2.10. The van der Waals surface area contributed by atoms with E-state index in [0.29, 0.717) is 11.3 Å². The van der Waals surface area contributed by atoms with Gasteiger partial charge in [0.05, 0.1) is 10.6 Å². The maximum Gasteiger partial charge on any atom is 0.305 e. The Kier molecular flexibility index (Phi) is 8.11. The van der Waals surface area contributed by atoms with E-state index in [1.807, 2.05) is 31.5 Å². The fraction of sp³-hybridized carbons (Fsp3) is 0.167. The Bertz CT molecular complexity index is 850. The number of hydrogen-bond donors (Lipinski definition) is 1. The van der Waals surface area contributed by atoms with E-state index >= 15 is 0 Å². The number of pyridine rings is 1. The van der Waals surface area contributed by atoms with Crippen LogP contribution in [0.5, 0.6) is 0 Å². The minimum absolute atomic E-state index is 0. The summed E-state index contributed by atoms with van der Waals surface area (Å²) in [7, 11) is 0. The molecule has 0 saturated carbocycles. The number of aryl methyl sites for hydroxylation is 1. The van der Waals surface area contributed by atoms with Crippen molar-refractivity contribution in [3.05, 3.63) is 76.1 Å². The number of benzene rings is 1. The fourth-order valence-corrected chi connectivity index (χ4v) is 2.10. The zero-order valence-electron chi connectivity index (χ0n) is 14.4. The molecule has 0 radical (unpaired) electrons. The summed E-state index contributed by atoms with van der Waals surface area (Å²) in [5, 5.41) is 14.7. The van der Waals surface area contributed by atoms with Gasteiger partial charge >= 0.3 is 5.91 Å². The number of nitrogens with zero attached hydrogens (tertiary/aromatic N) is 3. The average Bonchev–Trinajstić information content (AvgIpc) is 2.58. The molecular formula is C18H19ClN4O3. The molecule has 136 valence electrons. The van der Waals surface area contributed by atoms with Crippen molar-refractivity contribution in [2.75, 3.05) is 0 Å². The zero-order chi connectivity index (χ0) is 18.2. The number of nitro benzene ring substituents is 1. The second-order valence-corrected chi connectivity index (χ2v) is 5.53. The molecule has 0 atom stereocenters. The molecule has 2 rings (SSSR count). The van der Waals surface area contributed by atoms with Crippen molar-refractivity contribution in [2.45, 2.75) is 20.4 Å². The summed E-state index contributed by atoms with van der Waals surface area (Å²) in [5.74, 6) is -0.237. The smallest absolute Gasteiger partial charge is 0.305 e. The van der Waals surface area contributed by atoms with Crippen LogP contribution in [0.3, 0.4) is 0 Å². The van der Waals surface area contributed by atoms with Gasteiger partial charge in [-0.15, -0.1) is 0 Å². The van der Waals surface area contributed by atoms with Crippen LogP contribution in [0.25, 0.3) is 6.08 Å². The molecule has 2 aromatic rings. The van der Waals surface area contributed by atoms with Gasteiger partial charge in [-0.25, -0.2) is 5.43 Å². The van der Waals surface area contributed by atoms with Crippen LogP contribution in [0.15, 0.2) is 60.0 Å². The largest absolute Gasteiger partial charge is 1.00 e. The minimum atomic E-state index is -0.443. The highest BCUT2D eigenvalue weighted by molar-refractivity contribution is 5.96. The minimum Gasteiger partial charge on any atom is -1.00 e. The van der Waals surface area contributed by atoms with Gasteiger partial charge < -0.3 is 12.4 Å². The van der Waals surface area contributed by atoms with Crippen LogP contribution < -0.4 is 22.4 Å². The molecule has 0 spiro atoms. The Morgan fingerprint density at radius 2 is 2.12 bits per heavy atom. The number of rotatable bonds is 6. The van der Waals surface area contributed by atoms with Crippen molar-refractivity contribution in [3.63, 3.8) is 0 Å². The van der Waals surface area contributed by atoms with E-state index in [1.165, 1.54) is 12.1 Å². The first-order valence-electron chi connectivity index (χ1n) is 7.65. The first kappa shape index (κ1) is 21.0. The maximum atomic E-state index is 11.9. The molecule has 26 heavy (non-hydrogen) atoms. The van der Waals surface area contributed by atoms with Crippen LogP contribution in [-0.4, -0.2) is 16.5 Å². The summed E-state index contributed by atoms with van der Waals surface area (Å²) >= 11 is 0. The number of allylic oxidation sites excluding steroid dienone is 1. The molecule has 1 amide bonds. The number of nitrogens with one attached hydrogen (secondary N) is 1. The van der Waals surface area contributed by atoms with E-state index in [4.69, 9.17) is 0 Å². The molecule has 8 heteroatoms. The third-order valence-electron chi connectivity index (χ3n) is 3.29. The molecule has 7 nitrogen and oxygen atoms in total. The molecule has 1 aromatic carbocycles. The van der Waals surface area contributed by atoms with Crippen molar-refractivity contribution in [2.24, 2.45) is 5.10 Å². The van der Waals surface area contributed by atoms with Crippen molar-refractivity contribution in [1.29, 1.82) is 0 Å². The molecule has 0 aliphatic carbocycles. The predicted octanol–water partition coefficient (Wildman–Crippen LogP) is -0.600. The van der Waals surface area contributed by atoms with Gasteiger partial charge in [-0.05, 0) is 31.6 Å². The van der Waals surface area contributed by atoms with Gasteiger partial charge in [0, 0.05) is 23.8 Å². The summed E-state index contributed by atoms with van der Waals surface area (Å²) in [6.07, 6.45) is 7.07. The second-order valence-electron chi connectivity index (χ2n) is 5.53. The Labute approximate surface area is 157 Å². The molecule has 1 aromatic heterocycles. The number of halogens is 1. The Hall–Kier alpha value is -3.06. The SMILES string of the molecule is CC(/C=C/c1cccc([N+](=O)[O-])c1)=N\NC(=O)C[n+]1cccc(C)c1.[Cl-]. The van der Waals surface area contributed by atoms with E-state index in [1.54, 1.807) is 35.8 Å². The van der Waals surface area contributed by atoms with E-state index in [-0.39, 0.29) is 30.5 Å². The van der Waals surface area contributed by atoms with E-state index in [0.717, 1.165) is 5.56 Å². The van der Waals surface area contributed by atoms with Crippen molar-refractivity contribution in [1.82, 2.24) is 5.43 Å². The van der Waals surface area contributed by atoms with E-state index in [9.17, 15) is 14.9 Å². The summed E-state index contributed by atoms with van der Waals surface area (Å²) in [5.41, 5.74) is 4.84. The Balaban J connectivity index is 0.00000338. The number of carbonyl (C=O) groups is 1. The molecule has 0 unspecified atom stereocenters. The number of non-ortho nitro benzene ring substituents is 1. The molecule has 1 N–H and O–H groups in total. The Morgan fingerprint density at radius 1 is 1.35 bits per heavy atom. The molecular weight excluding hydrogens is 356 g/mol. The predicted molar refractivity (Wildman–Crippen MR) is 94.8 cm³/mol. The van der Waals surface area contributed by atoms with Gasteiger partial charge in [0.1, 0.15) is 0 Å². The number of hydrazone groups is 1. The third kappa shape index (κ3) is 6.82. The van der Waals surface area contributed by atoms with E-state index in [2.05, 4.69) is 10.5 Å². The van der Waals surface area contributed by atoms with Gasteiger partial charge in [-0.1, -0.05) is 18.2 Å². The van der Waals surface area contributed by atoms with Crippen LogP contribution in [0.1, 0.15) is 18.1 Å². The topological polar surface area (TPSA) is 88.5 Å².